The average Bonchev–Trinajstić information content (AvgIpc) is 2.28. The molecule has 20 heavy (non-hydrogen) atoms. The molecule has 0 unspecified atom stereocenters. The first-order valence-electron chi connectivity index (χ1n) is 6.44. The largest absolute Gasteiger partial charge is 0.444 e. The Bertz CT molecular complexity index is 459. The standard InChI is InChI=1S/C14H20Cl2N2O2/c1-14(2,3)20-13(19)18-8-4-7-17-12-6-5-10(15)9-11(12)16/h5-6,9,17H,4,7-8H2,1-3H3,(H,18,19). The SMILES string of the molecule is CC(C)(C)OC(=O)NCCCNc1ccc(Cl)cc1Cl. The van der Waals surface area contributed by atoms with Crippen LogP contribution in [0.1, 0.15) is 27.2 Å². The summed E-state index contributed by atoms with van der Waals surface area (Å²) in [5.74, 6) is 0. The summed E-state index contributed by atoms with van der Waals surface area (Å²) in [4.78, 5) is 11.4. The van der Waals surface area contributed by atoms with Gasteiger partial charge in [0.1, 0.15) is 5.60 Å². The predicted molar refractivity (Wildman–Crippen MR) is 83.8 cm³/mol. The van der Waals surface area contributed by atoms with Crippen LogP contribution in [-0.4, -0.2) is 24.8 Å². The van der Waals surface area contributed by atoms with E-state index in [4.69, 9.17) is 27.9 Å². The van der Waals surface area contributed by atoms with Gasteiger partial charge < -0.3 is 15.4 Å². The van der Waals surface area contributed by atoms with E-state index in [2.05, 4.69) is 10.6 Å². The molecule has 0 aromatic heterocycles. The molecule has 4 nitrogen and oxygen atoms in total. The van der Waals surface area contributed by atoms with Crippen LogP contribution in [0, 0.1) is 0 Å². The number of hydrogen-bond acceptors (Lipinski definition) is 3. The van der Waals surface area contributed by atoms with Gasteiger partial charge in [-0.1, -0.05) is 23.2 Å². The minimum absolute atomic E-state index is 0.401. The predicted octanol–water partition coefficient (Wildman–Crippen LogP) is 4.32. The third kappa shape index (κ3) is 6.87. The normalized spacial score (nSPS) is 11.1. The van der Waals surface area contributed by atoms with Crippen LogP contribution in [0.5, 0.6) is 0 Å². The maximum absolute atomic E-state index is 11.4. The zero-order valence-electron chi connectivity index (χ0n) is 11.9. The molecule has 1 amide bonds. The highest BCUT2D eigenvalue weighted by Crippen LogP contribution is 2.25. The molecule has 0 aliphatic carbocycles. The van der Waals surface area contributed by atoms with E-state index in [1.165, 1.54) is 0 Å². The van der Waals surface area contributed by atoms with E-state index in [0.717, 1.165) is 12.1 Å². The molecule has 0 spiro atoms. The van der Waals surface area contributed by atoms with E-state index in [-0.39, 0.29) is 0 Å². The molecule has 6 heteroatoms. The topological polar surface area (TPSA) is 50.4 Å². The van der Waals surface area contributed by atoms with Crippen LogP contribution in [-0.2, 0) is 4.74 Å². The van der Waals surface area contributed by atoms with E-state index in [9.17, 15) is 4.79 Å². The lowest BCUT2D eigenvalue weighted by atomic mass is 10.2. The van der Waals surface area contributed by atoms with Gasteiger partial charge in [-0.25, -0.2) is 4.79 Å². The van der Waals surface area contributed by atoms with Crippen molar-refractivity contribution in [1.29, 1.82) is 0 Å². The van der Waals surface area contributed by atoms with Gasteiger partial charge in [0.25, 0.3) is 0 Å². The van der Waals surface area contributed by atoms with E-state index in [0.29, 0.717) is 23.1 Å². The van der Waals surface area contributed by atoms with Crippen LogP contribution in [0.4, 0.5) is 10.5 Å². The number of ether oxygens (including phenoxy) is 1. The van der Waals surface area contributed by atoms with Crippen LogP contribution in [0.15, 0.2) is 18.2 Å². The fourth-order valence-electron chi connectivity index (χ4n) is 1.45. The molecule has 2 N–H and O–H groups in total. The zero-order valence-corrected chi connectivity index (χ0v) is 13.4. The molecule has 1 aromatic carbocycles. The van der Waals surface area contributed by atoms with Crippen LogP contribution < -0.4 is 10.6 Å². The van der Waals surface area contributed by atoms with Crippen molar-refractivity contribution in [3.05, 3.63) is 28.2 Å². The number of rotatable bonds is 5. The van der Waals surface area contributed by atoms with Crippen molar-refractivity contribution >= 4 is 35.0 Å². The first-order valence-corrected chi connectivity index (χ1v) is 7.19. The third-order valence-corrected chi connectivity index (χ3v) is 2.82. The minimum Gasteiger partial charge on any atom is -0.444 e. The second kappa shape index (κ2) is 7.60. The molecule has 0 fully saturated rings. The zero-order chi connectivity index (χ0) is 15.2. The second-order valence-corrected chi connectivity index (χ2v) is 6.18. The van der Waals surface area contributed by atoms with Crippen molar-refractivity contribution in [2.24, 2.45) is 0 Å². The number of nitrogens with one attached hydrogen (secondary N) is 2. The number of benzene rings is 1. The van der Waals surface area contributed by atoms with Crippen LogP contribution in [0.25, 0.3) is 0 Å². The van der Waals surface area contributed by atoms with Gasteiger partial charge in [-0.2, -0.15) is 0 Å². The smallest absolute Gasteiger partial charge is 0.407 e. The van der Waals surface area contributed by atoms with Gasteiger partial charge in [0.05, 0.1) is 10.7 Å². The summed E-state index contributed by atoms with van der Waals surface area (Å²) < 4.78 is 5.13. The fraction of sp³-hybridized carbons (Fsp3) is 0.500. The number of hydrogen-bond donors (Lipinski definition) is 2. The summed E-state index contributed by atoms with van der Waals surface area (Å²) in [6.07, 6.45) is 0.361. The summed E-state index contributed by atoms with van der Waals surface area (Å²) in [7, 11) is 0. The lowest BCUT2D eigenvalue weighted by Gasteiger charge is -2.19. The number of anilines is 1. The molecule has 0 atom stereocenters. The Hall–Kier alpha value is -1.13. The van der Waals surface area contributed by atoms with Crippen LogP contribution in [0.2, 0.25) is 10.0 Å². The quantitative estimate of drug-likeness (QED) is 0.795. The van der Waals surface area contributed by atoms with Gasteiger partial charge in [0.2, 0.25) is 0 Å². The number of halogens is 2. The molecule has 0 heterocycles. The molecule has 0 aliphatic heterocycles. The van der Waals surface area contributed by atoms with Crippen molar-refractivity contribution in [2.75, 3.05) is 18.4 Å². The highest BCUT2D eigenvalue weighted by molar-refractivity contribution is 6.36. The molecule has 112 valence electrons. The first-order chi connectivity index (χ1) is 9.28. The number of carbonyl (C=O) groups excluding carboxylic acids is 1. The highest BCUT2D eigenvalue weighted by Gasteiger charge is 2.15. The third-order valence-electron chi connectivity index (χ3n) is 2.27. The summed E-state index contributed by atoms with van der Waals surface area (Å²) >= 11 is 11.8. The molecule has 0 bridgehead atoms. The molecule has 0 saturated carbocycles. The monoisotopic (exact) mass is 318 g/mol. The molecule has 0 radical (unpaired) electrons. The van der Waals surface area contributed by atoms with Crippen molar-refractivity contribution in [2.45, 2.75) is 32.8 Å². The molecule has 0 saturated heterocycles. The maximum atomic E-state index is 11.4. The van der Waals surface area contributed by atoms with Crippen molar-refractivity contribution in [1.82, 2.24) is 5.32 Å². The summed E-state index contributed by atoms with van der Waals surface area (Å²) in [5.41, 5.74) is 0.354. The number of alkyl carbamates (subject to hydrolysis) is 1. The van der Waals surface area contributed by atoms with Gasteiger partial charge >= 0.3 is 6.09 Å². The lowest BCUT2D eigenvalue weighted by Crippen LogP contribution is -2.33. The Morgan fingerprint density at radius 2 is 1.95 bits per heavy atom. The summed E-state index contributed by atoms with van der Waals surface area (Å²) in [6, 6.07) is 5.28. The van der Waals surface area contributed by atoms with Crippen molar-refractivity contribution < 1.29 is 9.53 Å². The lowest BCUT2D eigenvalue weighted by molar-refractivity contribution is 0.0528. The molecular formula is C14H20Cl2N2O2. The Balaban J connectivity index is 2.21. The average molecular weight is 319 g/mol. The van der Waals surface area contributed by atoms with Crippen LogP contribution in [0.3, 0.4) is 0 Å². The van der Waals surface area contributed by atoms with E-state index >= 15 is 0 Å². The molecule has 1 aromatic rings. The highest BCUT2D eigenvalue weighted by atomic mass is 35.5. The second-order valence-electron chi connectivity index (χ2n) is 5.33. The minimum atomic E-state index is -0.473. The van der Waals surface area contributed by atoms with Gasteiger partial charge in [-0.15, -0.1) is 0 Å². The Morgan fingerprint density at radius 1 is 1.25 bits per heavy atom. The number of amides is 1. The molecule has 1 rings (SSSR count). The van der Waals surface area contributed by atoms with Gasteiger partial charge in [-0.05, 0) is 45.4 Å². The van der Waals surface area contributed by atoms with Crippen molar-refractivity contribution in [3.63, 3.8) is 0 Å². The van der Waals surface area contributed by atoms with Gasteiger partial charge in [0, 0.05) is 18.1 Å². The summed E-state index contributed by atoms with van der Waals surface area (Å²) in [6.45, 7) is 6.72. The van der Waals surface area contributed by atoms with E-state index in [1.54, 1.807) is 12.1 Å². The van der Waals surface area contributed by atoms with Crippen LogP contribution >= 0.6 is 23.2 Å². The Labute approximate surface area is 129 Å². The Morgan fingerprint density at radius 3 is 2.55 bits per heavy atom. The molecule has 0 aliphatic rings. The van der Waals surface area contributed by atoms with Gasteiger partial charge in [-0.3, -0.25) is 0 Å². The fourth-order valence-corrected chi connectivity index (χ4v) is 1.92. The van der Waals surface area contributed by atoms with Crippen molar-refractivity contribution in [3.8, 4) is 0 Å². The number of carbonyl (C=O) groups is 1. The van der Waals surface area contributed by atoms with E-state index < -0.39 is 11.7 Å². The summed E-state index contributed by atoms with van der Waals surface area (Å²) in [5, 5.41) is 7.06. The van der Waals surface area contributed by atoms with Gasteiger partial charge in [0.15, 0.2) is 0 Å². The maximum Gasteiger partial charge on any atom is 0.407 e. The first kappa shape index (κ1) is 16.9. The van der Waals surface area contributed by atoms with E-state index in [1.807, 2.05) is 26.8 Å². The Kier molecular flexibility index (Phi) is 6.43. The molecular weight excluding hydrogens is 299 g/mol.